The first-order chi connectivity index (χ1) is 14.6. The van der Waals surface area contributed by atoms with Gasteiger partial charge in [0.2, 0.25) is 0 Å². The SMILES string of the molecule is O=C(O)[C@H](Cc1c[nH]c2ccccc12)NCC1(CN[C@@H]2C[C@H]2c2ccccc2)CC1. The van der Waals surface area contributed by atoms with Gasteiger partial charge in [-0.15, -0.1) is 0 Å². The highest BCUT2D eigenvalue weighted by Crippen LogP contribution is 2.47. The molecule has 2 aliphatic carbocycles. The number of fused-ring (bicyclic) bond motifs is 1. The van der Waals surface area contributed by atoms with Crippen LogP contribution in [0.2, 0.25) is 0 Å². The first-order valence-corrected chi connectivity index (χ1v) is 10.9. The van der Waals surface area contributed by atoms with Crippen molar-refractivity contribution in [2.75, 3.05) is 13.1 Å². The number of carboxylic acid groups (broad SMARTS) is 1. The summed E-state index contributed by atoms with van der Waals surface area (Å²) in [6.45, 7) is 1.72. The molecular formula is C25H29N3O2. The zero-order valence-electron chi connectivity index (χ0n) is 17.1. The molecule has 0 unspecified atom stereocenters. The molecule has 0 amide bonds. The minimum absolute atomic E-state index is 0.206. The van der Waals surface area contributed by atoms with Gasteiger partial charge in [-0.3, -0.25) is 4.79 Å². The minimum Gasteiger partial charge on any atom is -0.480 e. The summed E-state index contributed by atoms with van der Waals surface area (Å²) in [5.74, 6) is -0.154. The van der Waals surface area contributed by atoms with Gasteiger partial charge in [-0.05, 0) is 41.9 Å². The van der Waals surface area contributed by atoms with Crippen LogP contribution in [-0.4, -0.2) is 41.2 Å². The Bertz CT molecular complexity index is 1030. The number of para-hydroxylation sites is 1. The highest BCUT2D eigenvalue weighted by Gasteiger charge is 2.46. The van der Waals surface area contributed by atoms with E-state index in [1.807, 2.05) is 30.5 Å². The maximum Gasteiger partial charge on any atom is 0.321 e. The molecule has 3 aromatic rings. The monoisotopic (exact) mass is 403 g/mol. The topological polar surface area (TPSA) is 77.1 Å². The van der Waals surface area contributed by atoms with Crippen molar-refractivity contribution >= 4 is 16.9 Å². The van der Waals surface area contributed by atoms with E-state index in [9.17, 15) is 9.90 Å². The largest absolute Gasteiger partial charge is 0.480 e. The summed E-state index contributed by atoms with van der Waals surface area (Å²) in [4.78, 5) is 15.1. The van der Waals surface area contributed by atoms with Gasteiger partial charge in [0.25, 0.3) is 0 Å². The number of carbonyl (C=O) groups is 1. The highest BCUT2D eigenvalue weighted by atomic mass is 16.4. The number of nitrogens with one attached hydrogen (secondary N) is 3. The van der Waals surface area contributed by atoms with Crippen molar-refractivity contribution in [2.24, 2.45) is 5.41 Å². The highest BCUT2D eigenvalue weighted by molar-refractivity contribution is 5.84. The van der Waals surface area contributed by atoms with Crippen LogP contribution in [0.4, 0.5) is 0 Å². The maximum atomic E-state index is 11.9. The Morgan fingerprint density at radius 1 is 1.10 bits per heavy atom. The summed E-state index contributed by atoms with van der Waals surface area (Å²) in [5, 5.41) is 18.0. The second kappa shape index (κ2) is 7.89. The van der Waals surface area contributed by atoms with Gasteiger partial charge < -0.3 is 20.7 Å². The molecule has 0 bridgehead atoms. The number of carboxylic acids is 1. The lowest BCUT2D eigenvalue weighted by atomic mass is 10.0. The lowest BCUT2D eigenvalue weighted by molar-refractivity contribution is -0.139. The summed E-state index contributed by atoms with van der Waals surface area (Å²) in [6.07, 6.45) is 5.95. The molecule has 0 aliphatic heterocycles. The quantitative estimate of drug-likeness (QED) is 0.417. The number of aromatic nitrogens is 1. The molecule has 4 N–H and O–H groups in total. The maximum absolute atomic E-state index is 11.9. The number of aromatic amines is 1. The van der Waals surface area contributed by atoms with Gasteiger partial charge >= 0.3 is 5.97 Å². The normalized spacial score (nSPS) is 22.7. The molecule has 0 saturated heterocycles. The number of H-pyrrole nitrogens is 1. The number of aliphatic carboxylic acids is 1. The van der Waals surface area contributed by atoms with Gasteiger partial charge in [0.05, 0.1) is 0 Å². The predicted octanol–water partition coefficient (Wildman–Crippen LogP) is 3.68. The molecule has 156 valence electrons. The predicted molar refractivity (Wildman–Crippen MR) is 119 cm³/mol. The molecule has 0 radical (unpaired) electrons. The van der Waals surface area contributed by atoms with Gasteiger partial charge in [0, 0.05) is 48.6 Å². The van der Waals surface area contributed by atoms with E-state index in [0.29, 0.717) is 18.4 Å². The molecule has 1 aromatic heterocycles. The van der Waals surface area contributed by atoms with E-state index in [2.05, 4.69) is 45.9 Å². The van der Waals surface area contributed by atoms with E-state index < -0.39 is 12.0 Å². The van der Waals surface area contributed by atoms with Gasteiger partial charge in [-0.1, -0.05) is 48.5 Å². The summed E-state index contributed by atoms with van der Waals surface area (Å²) in [7, 11) is 0. The Labute approximate surface area is 176 Å². The molecule has 2 saturated carbocycles. The standard InChI is InChI=1S/C25H29N3O2/c29-24(30)23(12-18-14-26-21-9-5-4-8-19(18)21)28-16-25(10-11-25)15-27-22-13-20(22)17-6-2-1-3-7-17/h1-9,14,20,22-23,26-28H,10-13,15-16H2,(H,29,30)/t20-,22+,23-/m0/s1. The Balaban J connectivity index is 1.15. The fraction of sp³-hybridized carbons (Fsp3) is 0.400. The van der Waals surface area contributed by atoms with Gasteiger partial charge in [0.1, 0.15) is 6.04 Å². The lowest BCUT2D eigenvalue weighted by Gasteiger charge is -2.21. The second-order valence-electron chi connectivity index (χ2n) is 9.08. The second-order valence-corrected chi connectivity index (χ2v) is 9.08. The smallest absolute Gasteiger partial charge is 0.321 e. The van der Waals surface area contributed by atoms with E-state index in [-0.39, 0.29) is 5.41 Å². The molecule has 1 heterocycles. The average Bonchev–Trinajstić information content (AvgIpc) is 3.68. The fourth-order valence-corrected chi connectivity index (χ4v) is 4.54. The van der Waals surface area contributed by atoms with Crippen LogP contribution >= 0.6 is 0 Å². The van der Waals surface area contributed by atoms with Crippen LogP contribution in [0.3, 0.4) is 0 Å². The number of hydrogen-bond donors (Lipinski definition) is 4. The Hall–Kier alpha value is -2.63. The third-order valence-corrected chi connectivity index (χ3v) is 6.84. The van der Waals surface area contributed by atoms with Crippen molar-refractivity contribution in [3.8, 4) is 0 Å². The van der Waals surface area contributed by atoms with Gasteiger partial charge in [-0.25, -0.2) is 0 Å². The van der Waals surface area contributed by atoms with Crippen molar-refractivity contribution in [1.82, 2.24) is 15.6 Å². The summed E-state index contributed by atoms with van der Waals surface area (Å²) < 4.78 is 0. The summed E-state index contributed by atoms with van der Waals surface area (Å²) in [6, 6.07) is 18.7. The molecule has 5 heteroatoms. The van der Waals surface area contributed by atoms with Crippen molar-refractivity contribution < 1.29 is 9.90 Å². The third-order valence-electron chi connectivity index (χ3n) is 6.84. The van der Waals surface area contributed by atoms with E-state index >= 15 is 0 Å². The first-order valence-electron chi connectivity index (χ1n) is 10.9. The van der Waals surface area contributed by atoms with Crippen molar-refractivity contribution in [1.29, 1.82) is 0 Å². The molecule has 30 heavy (non-hydrogen) atoms. The van der Waals surface area contributed by atoms with Crippen LogP contribution < -0.4 is 10.6 Å². The van der Waals surface area contributed by atoms with Crippen LogP contribution in [0.25, 0.3) is 10.9 Å². The fourth-order valence-electron chi connectivity index (χ4n) is 4.54. The Morgan fingerprint density at radius 3 is 2.63 bits per heavy atom. The van der Waals surface area contributed by atoms with E-state index in [1.54, 1.807) is 0 Å². The lowest BCUT2D eigenvalue weighted by Crippen LogP contribution is -2.43. The van der Waals surface area contributed by atoms with E-state index in [0.717, 1.165) is 42.4 Å². The molecule has 2 fully saturated rings. The molecule has 5 nitrogen and oxygen atoms in total. The molecular weight excluding hydrogens is 374 g/mol. The summed E-state index contributed by atoms with van der Waals surface area (Å²) in [5.41, 5.74) is 3.73. The zero-order valence-corrected chi connectivity index (χ0v) is 17.1. The van der Waals surface area contributed by atoms with Crippen molar-refractivity contribution in [3.63, 3.8) is 0 Å². The third kappa shape index (κ3) is 4.13. The van der Waals surface area contributed by atoms with Gasteiger partial charge in [-0.2, -0.15) is 0 Å². The number of benzene rings is 2. The van der Waals surface area contributed by atoms with Gasteiger partial charge in [0.15, 0.2) is 0 Å². The van der Waals surface area contributed by atoms with Crippen LogP contribution in [0.15, 0.2) is 60.8 Å². The molecule has 3 atom stereocenters. The number of rotatable bonds is 10. The summed E-state index contributed by atoms with van der Waals surface area (Å²) >= 11 is 0. The first kappa shape index (κ1) is 19.3. The molecule has 5 rings (SSSR count). The molecule has 0 spiro atoms. The Morgan fingerprint density at radius 2 is 1.87 bits per heavy atom. The van der Waals surface area contributed by atoms with E-state index in [4.69, 9.17) is 0 Å². The van der Waals surface area contributed by atoms with Crippen LogP contribution in [0.1, 0.15) is 36.3 Å². The van der Waals surface area contributed by atoms with Crippen molar-refractivity contribution in [3.05, 3.63) is 71.9 Å². The molecule has 2 aromatic carbocycles. The van der Waals surface area contributed by atoms with Crippen LogP contribution in [0.5, 0.6) is 0 Å². The number of hydrogen-bond acceptors (Lipinski definition) is 3. The zero-order chi connectivity index (χ0) is 20.6. The van der Waals surface area contributed by atoms with Crippen molar-refractivity contribution in [2.45, 2.75) is 43.7 Å². The average molecular weight is 404 g/mol. The van der Waals surface area contributed by atoms with Crippen LogP contribution in [0, 0.1) is 5.41 Å². The minimum atomic E-state index is -0.782. The Kier molecular flexibility index (Phi) is 5.09. The molecule has 2 aliphatic rings. The van der Waals surface area contributed by atoms with E-state index in [1.165, 1.54) is 12.0 Å². The van der Waals surface area contributed by atoms with Crippen LogP contribution in [-0.2, 0) is 11.2 Å².